The third-order valence-electron chi connectivity index (χ3n) is 2.67. The molecule has 0 aromatic rings. The maximum Gasteiger partial charge on any atom is 2.00 e. The van der Waals surface area contributed by atoms with Gasteiger partial charge in [-0.2, -0.15) is 0 Å². The molecule has 0 aromatic heterocycles. The van der Waals surface area contributed by atoms with E-state index >= 15 is 0 Å². The maximum absolute atomic E-state index is 2.27. The monoisotopic (exact) mass is 336 g/mol. The van der Waals surface area contributed by atoms with E-state index in [1.54, 1.807) is 0 Å². The first-order valence-corrected chi connectivity index (χ1v) is 6.60. The Labute approximate surface area is 128 Å². The standard InChI is InChI=1S/2C8H12.H2O.Rh/c2*1-2-4-6-8-7-5-3-1;;/h2*1-2,7-8H,3-6H2;1H2;/q;;;+2/p-1. The van der Waals surface area contributed by atoms with Crippen LogP contribution in [-0.4, -0.2) is 5.48 Å². The first kappa shape index (κ1) is 20.9. The summed E-state index contributed by atoms with van der Waals surface area (Å²) >= 11 is 0. The molecule has 1 N–H and O–H groups in total. The summed E-state index contributed by atoms with van der Waals surface area (Å²) in [6, 6.07) is 0. The van der Waals surface area contributed by atoms with E-state index in [0.29, 0.717) is 0 Å². The maximum atomic E-state index is 2.27. The molecule has 0 unspecified atom stereocenters. The van der Waals surface area contributed by atoms with Crippen LogP contribution in [0.25, 0.3) is 0 Å². The molecule has 0 atom stereocenters. The van der Waals surface area contributed by atoms with E-state index in [1.807, 2.05) is 0 Å². The van der Waals surface area contributed by atoms with Gasteiger partial charge in [0.25, 0.3) is 0 Å². The second-order valence-electron chi connectivity index (χ2n) is 4.20. The quantitative estimate of drug-likeness (QED) is 0.596. The summed E-state index contributed by atoms with van der Waals surface area (Å²) in [5, 5.41) is 0. The fourth-order valence-corrected chi connectivity index (χ4v) is 1.71. The molecule has 2 aliphatic rings. The molecule has 2 fully saturated rings. The predicted molar refractivity (Wildman–Crippen MR) is 73.3 cm³/mol. The van der Waals surface area contributed by atoms with Gasteiger partial charge >= 0.3 is 19.5 Å². The van der Waals surface area contributed by atoms with Gasteiger partial charge in [0.2, 0.25) is 0 Å². The van der Waals surface area contributed by atoms with Crippen LogP contribution in [0.2, 0.25) is 0 Å². The molecule has 0 amide bonds. The van der Waals surface area contributed by atoms with E-state index in [-0.39, 0.29) is 25.0 Å². The van der Waals surface area contributed by atoms with Gasteiger partial charge in [-0.15, -0.1) is 0 Å². The Balaban J connectivity index is 0. The Kier molecular flexibility index (Phi) is 20.4. The van der Waals surface area contributed by atoms with Crippen molar-refractivity contribution in [1.29, 1.82) is 0 Å². The predicted octanol–water partition coefficient (Wildman–Crippen LogP) is 4.58. The molecule has 2 aliphatic carbocycles. The van der Waals surface area contributed by atoms with Crippen LogP contribution in [0.1, 0.15) is 51.4 Å². The number of hydrogen-bond donors (Lipinski definition) is 0. The van der Waals surface area contributed by atoms with Gasteiger partial charge in [-0.05, 0) is 103 Å². The normalized spacial score (nSPS) is 21.3. The smallest absolute Gasteiger partial charge is 0.870 e. The molecule has 1 nitrogen and oxygen atoms in total. The zero-order chi connectivity index (χ0) is 11.3. The zero-order valence-corrected chi connectivity index (χ0v) is 12.7. The van der Waals surface area contributed by atoms with E-state index in [4.69, 9.17) is 0 Å². The van der Waals surface area contributed by atoms with Crippen molar-refractivity contribution in [3.8, 4) is 0 Å². The van der Waals surface area contributed by atoms with Crippen LogP contribution in [0.3, 0.4) is 0 Å². The van der Waals surface area contributed by atoms with Crippen LogP contribution in [0, 0.1) is 51.4 Å². The van der Waals surface area contributed by atoms with Crippen molar-refractivity contribution in [3.63, 3.8) is 0 Å². The fourth-order valence-electron chi connectivity index (χ4n) is 1.71. The molecule has 2 saturated carbocycles. The molecular formula is C16H25ORh+. The number of rotatable bonds is 0. The van der Waals surface area contributed by atoms with E-state index in [1.165, 1.54) is 51.4 Å². The Bertz CT molecular complexity index is 75.1. The van der Waals surface area contributed by atoms with Crippen LogP contribution in [-0.2, 0) is 19.5 Å². The molecular weight excluding hydrogens is 311 g/mol. The average molecular weight is 336 g/mol. The van der Waals surface area contributed by atoms with Crippen LogP contribution in [0.4, 0.5) is 0 Å². The van der Waals surface area contributed by atoms with Crippen molar-refractivity contribution in [2.24, 2.45) is 0 Å². The largest absolute Gasteiger partial charge is 2.00 e. The van der Waals surface area contributed by atoms with Crippen molar-refractivity contribution in [2.75, 3.05) is 0 Å². The summed E-state index contributed by atoms with van der Waals surface area (Å²) in [7, 11) is 0. The van der Waals surface area contributed by atoms with Gasteiger partial charge in [0, 0.05) is 0 Å². The summed E-state index contributed by atoms with van der Waals surface area (Å²) in [6.07, 6.45) is 28.0. The molecule has 0 heterocycles. The van der Waals surface area contributed by atoms with E-state index < -0.39 is 0 Å². The van der Waals surface area contributed by atoms with E-state index in [2.05, 4.69) is 51.4 Å². The molecule has 18 heavy (non-hydrogen) atoms. The SMILES string of the molecule is [CH]1[CH]CC[CH][CH]CC1.[CH]1[CH]CC[CH][CH]CC1.[OH-].[Rh+2]. The Morgan fingerprint density at radius 3 is 0.556 bits per heavy atom. The molecule has 0 bridgehead atoms. The molecule has 2 rings (SSSR count). The van der Waals surface area contributed by atoms with Gasteiger partial charge < -0.3 is 5.48 Å². The first-order chi connectivity index (χ1) is 8.00. The van der Waals surface area contributed by atoms with Gasteiger partial charge in [0.15, 0.2) is 0 Å². The van der Waals surface area contributed by atoms with Crippen LogP contribution >= 0.6 is 0 Å². The summed E-state index contributed by atoms with van der Waals surface area (Å²) in [5.74, 6) is 0. The van der Waals surface area contributed by atoms with E-state index in [0.717, 1.165) is 0 Å². The zero-order valence-electron chi connectivity index (χ0n) is 11.1. The minimum Gasteiger partial charge on any atom is -0.870 e. The van der Waals surface area contributed by atoms with Gasteiger partial charge in [0.05, 0.1) is 0 Å². The molecule has 0 aromatic carbocycles. The van der Waals surface area contributed by atoms with Crippen molar-refractivity contribution in [3.05, 3.63) is 51.4 Å². The van der Waals surface area contributed by atoms with Crippen molar-refractivity contribution in [2.45, 2.75) is 51.4 Å². The average Bonchev–Trinajstić information content (AvgIpc) is 2.15. The summed E-state index contributed by atoms with van der Waals surface area (Å²) in [4.78, 5) is 0. The molecule has 0 aliphatic heterocycles. The molecule has 0 spiro atoms. The molecule has 103 valence electrons. The molecule has 2 heteroatoms. The third-order valence-corrected chi connectivity index (χ3v) is 2.67. The van der Waals surface area contributed by atoms with Crippen LogP contribution < -0.4 is 0 Å². The Hall–Kier alpha value is 0.583. The summed E-state index contributed by atoms with van der Waals surface area (Å²) in [6.45, 7) is 0. The van der Waals surface area contributed by atoms with Gasteiger partial charge in [-0.25, -0.2) is 0 Å². The minimum absolute atomic E-state index is 0. The van der Waals surface area contributed by atoms with Gasteiger partial charge in [-0.1, -0.05) is 0 Å². The van der Waals surface area contributed by atoms with Crippen molar-refractivity contribution < 1.29 is 25.0 Å². The van der Waals surface area contributed by atoms with E-state index in [9.17, 15) is 0 Å². The topological polar surface area (TPSA) is 30.0 Å². The number of hydrogen-bond acceptors (Lipinski definition) is 1. The molecule has 9 radical (unpaired) electrons. The summed E-state index contributed by atoms with van der Waals surface area (Å²) in [5.41, 5.74) is 0. The Morgan fingerprint density at radius 1 is 0.333 bits per heavy atom. The van der Waals surface area contributed by atoms with Gasteiger partial charge in [0.1, 0.15) is 0 Å². The van der Waals surface area contributed by atoms with Crippen LogP contribution in [0.5, 0.6) is 0 Å². The summed E-state index contributed by atoms with van der Waals surface area (Å²) < 4.78 is 0. The molecule has 0 saturated heterocycles. The second kappa shape index (κ2) is 17.6. The van der Waals surface area contributed by atoms with Crippen molar-refractivity contribution >= 4 is 0 Å². The first-order valence-electron chi connectivity index (χ1n) is 6.60. The van der Waals surface area contributed by atoms with Crippen LogP contribution in [0.15, 0.2) is 0 Å². The fraction of sp³-hybridized carbons (Fsp3) is 0.500. The minimum atomic E-state index is 0. The Morgan fingerprint density at radius 2 is 0.444 bits per heavy atom. The van der Waals surface area contributed by atoms with Gasteiger partial charge in [-0.3, -0.25) is 0 Å². The third kappa shape index (κ3) is 14.6. The van der Waals surface area contributed by atoms with Crippen molar-refractivity contribution in [1.82, 2.24) is 0 Å². The second-order valence-corrected chi connectivity index (χ2v) is 4.20.